The van der Waals surface area contributed by atoms with Crippen LogP contribution in [0, 0.1) is 10.1 Å². The van der Waals surface area contributed by atoms with Gasteiger partial charge in [-0.2, -0.15) is 0 Å². The van der Waals surface area contributed by atoms with Crippen LogP contribution in [0.2, 0.25) is 5.02 Å². The van der Waals surface area contributed by atoms with Crippen LogP contribution in [0.3, 0.4) is 0 Å². The van der Waals surface area contributed by atoms with Crippen molar-refractivity contribution in [3.8, 4) is 0 Å². The van der Waals surface area contributed by atoms with Crippen molar-refractivity contribution in [2.45, 2.75) is 31.7 Å². The number of halogens is 1. The average molecular weight is 285 g/mol. The van der Waals surface area contributed by atoms with E-state index in [0.29, 0.717) is 17.3 Å². The molecule has 1 aliphatic carbocycles. The van der Waals surface area contributed by atoms with Gasteiger partial charge in [-0.25, -0.2) is 0 Å². The molecule has 0 bridgehead atoms. The Kier molecular flexibility index (Phi) is 4.61. The molecular weight excluding hydrogens is 268 g/mol. The zero-order valence-corrected chi connectivity index (χ0v) is 11.3. The zero-order chi connectivity index (χ0) is 13.8. The van der Waals surface area contributed by atoms with E-state index >= 15 is 0 Å². The Bertz CT molecular complexity index is 461. The number of aliphatic hydroxyl groups excluding tert-OH is 1. The molecule has 1 aliphatic rings. The predicted molar refractivity (Wildman–Crippen MR) is 74.8 cm³/mol. The predicted octanol–water partition coefficient (Wildman–Crippen LogP) is 2.99. The van der Waals surface area contributed by atoms with Crippen molar-refractivity contribution >= 4 is 23.0 Å². The van der Waals surface area contributed by atoms with E-state index in [9.17, 15) is 15.2 Å². The van der Waals surface area contributed by atoms with E-state index < -0.39 is 4.92 Å². The van der Waals surface area contributed by atoms with Crippen LogP contribution < -0.4 is 4.90 Å². The number of nitro benzene ring substituents is 1. The number of nitrogens with zero attached hydrogens (tertiary/aromatic N) is 2. The van der Waals surface area contributed by atoms with Gasteiger partial charge in [-0.15, -0.1) is 0 Å². The molecule has 1 aromatic rings. The molecule has 1 fully saturated rings. The summed E-state index contributed by atoms with van der Waals surface area (Å²) in [6.07, 6.45) is 4.26. The van der Waals surface area contributed by atoms with Crippen molar-refractivity contribution in [3.63, 3.8) is 0 Å². The zero-order valence-electron chi connectivity index (χ0n) is 10.6. The van der Waals surface area contributed by atoms with Gasteiger partial charge < -0.3 is 10.0 Å². The molecule has 0 unspecified atom stereocenters. The maximum Gasteiger partial charge on any atom is 0.292 e. The summed E-state index contributed by atoms with van der Waals surface area (Å²) in [7, 11) is 0. The van der Waals surface area contributed by atoms with Crippen molar-refractivity contribution in [3.05, 3.63) is 33.3 Å². The largest absolute Gasteiger partial charge is 0.395 e. The first-order chi connectivity index (χ1) is 9.13. The Morgan fingerprint density at radius 3 is 2.68 bits per heavy atom. The van der Waals surface area contributed by atoms with E-state index in [1.165, 1.54) is 12.1 Å². The fourth-order valence-corrected chi connectivity index (χ4v) is 2.87. The molecule has 0 atom stereocenters. The molecule has 0 amide bonds. The molecule has 19 heavy (non-hydrogen) atoms. The first kappa shape index (κ1) is 14.1. The van der Waals surface area contributed by atoms with Gasteiger partial charge in [-0.3, -0.25) is 10.1 Å². The normalized spacial score (nSPS) is 15.7. The van der Waals surface area contributed by atoms with E-state index in [2.05, 4.69) is 0 Å². The fraction of sp³-hybridized carbons (Fsp3) is 0.538. The van der Waals surface area contributed by atoms with Crippen LogP contribution in [0.15, 0.2) is 18.2 Å². The number of hydrogen-bond acceptors (Lipinski definition) is 4. The molecule has 5 nitrogen and oxygen atoms in total. The third-order valence-corrected chi connectivity index (χ3v) is 3.79. The molecule has 1 saturated carbocycles. The van der Waals surface area contributed by atoms with Gasteiger partial charge in [-0.05, 0) is 25.0 Å². The Labute approximate surface area is 116 Å². The van der Waals surface area contributed by atoms with E-state index in [1.807, 2.05) is 4.90 Å². The highest BCUT2D eigenvalue weighted by Crippen LogP contribution is 2.35. The molecule has 0 aliphatic heterocycles. The molecule has 0 aromatic heterocycles. The van der Waals surface area contributed by atoms with Crippen LogP contribution >= 0.6 is 11.6 Å². The van der Waals surface area contributed by atoms with Gasteiger partial charge in [0.2, 0.25) is 0 Å². The summed E-state index contributed by atoms with van der Waals surface area (Å²) in [5.41, 5.74) is 0.559. The summed E-state index contributed by atoms with van der Waals surface area (Å²) >= 11 is 5.96. The summed E-state index contributed by atoms with van der Waals surface area (Å²) in [6.45, 7) is 0.367. The summed E-state index contributed by atoms with van der Waals surface area (Å²) in [5, 5.41) is 20.8. The second-order valence-electron chi connectivity index (χ2n) is 4.75. The van der Waals surface area contributed by atoms with Gasteiger partial charge >= 0.3 is 0 Å². The molecular formula is C13H17ClN2O3. The second-order valence-corrected chi connectivity index (χ2v) is 5.18. The molecule has 0 spiro atoms. The summed E-state index contributed by atoms with van der Waals surface area (Å²) < 4.78 is 0. The molecule has 1 aromatic carbocycles. The molecule has 0 heterocycles. The number of benzene rings is 1. The van der Waals surface area contributed by atoms with E-state index in [-0.39, 0.29) is 18.3 Å². The van der Waals surface area contributed by atoms with Gasteiger partial charge in [-0.1, -0.05) is 24.4 Å². The maximum absolute atomic E-state index is 11.1. The Hall–Kier alpha value is -1.33. The van der Waals surface area contributed by atoms with Crippen molar-refractivity contribution in [2.75, 3.05) is 18.1 Å². The minimum atomic E-state index is -0.398. The SMILES string of the molecule is O=[N+]([O-])c1ccc(Cl)cc1N(CCO)C1CCCC1. The van der Waals surface area contributed by atoms with Crippen LogP contribution in [0.1, 0.15) is 25.7 Å². The number of aliphatic hydroxyl groups is 1. The van der Waals surface area contributed by atoms with Crippen LogP contribution in [-0.2, 0) is 0 Å². The molecule has 0 radical (unpaired) electrons. The van der Waals surface area contributed by atoms with Crippen molar-refractivity contribution in [1.29, 1.82) is 0 Å². The van der Waals surface area contributed by atoms with Gasteiger partial charge in [0.1, 0.15) is 5.69 Å². The van der Waals surface area contributed by atoms with Crippen LogP contribution in [0.25, 0.3) is 0 Å². The highest BCUT2D eigenvalue weighted by Gasteiger charge is 2.27. The highest BCUT2D eigenvalue weighted by molar-refractivity contribution is 6.31. The topological polar surface area (TPSA) is 66.6 Å². The monoisotopic (exact) mass is 284 g/mol. The molecule has 2 rings (SSSR count). The lowest BCUT2D eigenvalue weighted by Crippen LogP contribution is -2.36. The third-order valence-electron chi connectivity index (χ3n) is 3.55. The van der Waals surface area contributed by atoms with Gasteiger partial charge in [0, 0.05) is 23.7 Å². The lowest BCUT2D eigenvalue weighted by Gasteiger charge is -2.30. The van der Waals surface area contributed by atoms with Crippen LogP contribution in [0.5, 0.6) is 0 Å². The van der Waals surface area contributed by atoms with E-state index in [4.69, 9.17) is 11.6 Å². The minimum Gasteiger partial charge on any atom is -0.395 e. The van der Waals surface area contributed by atoms with Gasteiger partial charge in [0.15, 0.2) is 0 Å². The third kappa shape index (κ3) is 3.16. The average Bonchev–Trinajstić information content (AvgIpc) is 2.89. The lowest BCUT2D eigenvalue weighted by molar-refractivity contribution is -0.384. The summed E-state index contributed by atoms with van der Waals surface area (Å²) in [5.74, 6) is 0. The highest BCUT2D eigenvalue weighted by atomic mass is 35.5. The second kappa shape index (κ2) is 6.21. The van der Waals surface area contributed by atoms with Crippen LogP contribution in [-0.4, -0.2) is 29.2 Å². The smallest absolute Gasteiger partial charge is 0.292 e. The van der Waals surface area contributed by atoms with E-state index in [0.717, 1.165) is 25.7 Å². The quantitative estimate of drug-likeness (QED) is 0.667. The number of anilines is 1. The first-order valence-corrected chi connectivity index (χ1v) is 6.82. The molecule has 0 saturated heterocycles. The summed E-state index contributed by atoms with van der Waals surface area (Å²) in [4.78, 5) is 12.7. The van der Waals surface area contributed by atoms with Crippen molar-refractivity contribution < 1.29 is 10.0 Å². The van der Waals surface area contributed by atoms with Gasteiger partial charge in [0.05, 0.1) is 11.5 Å². The number of nitro groups is 1. The standard InChI is InChI=1S/C13H17ClN2O3/c14-10-5-6-12(16(18)19)13(9-10)15(7-8-17)11-3-1-2-4-11/h5-6,9,11,17H,1-4,7-8H2. The molecule has 1 N–H and O–H groups in total. The van der Waals surface area contributed by atoms with Crippen molar-refractivity contribution in [2.24, 2.45) is 0 Å². The Morgan fingerprint density at radius 1 is 1.42 bits per heavy atom. The Morgan fingerprint density at radius 2 is 2.11 bits per heavy atom. The molecule has 104 valence electrons. The van der Waals surface area contributed by atoms with Crippen LogP contribution in [0.4, 0.5) is 11.4 Å². The molecule has 6 heteroatoms. The number of hydrogen-bond donors (Lipinski definition) is 1. The minimum absolute atomic E-state index is 0.0276. The lowest BCUT2D eigenvalue weighted by atomic mass is 10.1. The number of rotatable bonds is 5. The Balaban J connectivity index is 2.39. The maximum atomic E-state index is 11.1. The van der Waals surface area contributed by atoms with E-state index in [1.54, 1.807) is 6.07 Å². The van der Waals surface area contributed by atoms with Crippen molar-refractivity contribution in [1.82, 2.24) is 0 Å². The fourth-order valence-electron chi connectivity index (χ4n) is 2.70. The summed E-state index contributed by atoms with van der Waals surface area (Å²) in [6, 6.07) is 4.82. The van der Waals surface area contributed by atoms with Gasteiger partial charge in [0.25, 0.3) is 5.69 Å². The first-order valence-electron chi connectivity index (χ1n) is 6.45.